The fourth-order valence-electron chi connectivity index (χ4n) is 4.10. The first-order valence-electron chi connectivity index (χ1n) is 11.7. The van der Waals surface area contributed by atoms with E-state index in [1.165, 1.54) is 11.1 Å². The molecule has 1 aliphatic rings. The van der Waals surface area contributed by atoms with Gasteiger partial charge in [-0.05, 0) is 25.3 Å². The summed E-state index contributed by atoms with van der Waals surface area (Å²) in [6.07, 6.45) is 4.87. The van der Waals surface area contributed by atoms with Crippen LogP contribution >= 0.6 is 0 Å². The predicted octanol–water partition coefficient (Wildman–Crippen LogP) is 4.28. The molecule has 6 heteroatoms. The molecule has 1 fully saturated rings. The zero-order valence-electron chi connectivity index (χ0n) is 19.2. The van der Waals surface area contributed by atoms with Crippen LogP contribution in [0.15, 0.2) is 65.2 Å². The van der Waals surface area contributed by atoms with Crippen LogP contribution in [0.25, 0.3) is 11.3 Å². The van der Waals surface area contributed by atoms with Gasteiger partial charge in [-0.3, -0.25) is 9.59 Å². The minimum absolute atomic E-state index is 0.0845. The molecule has 0 atom stereocenters. The molecular formula is C27H31N3O3. The number of hydrogen-bond acceptors (Lipinski definition) is 4. The van der Waals surface area contributed by atoms with Crippen molar-refractivity contribution in [2.75, 3.05) is 26.2 Å². The van der Waals surface area contributed by atoms with Crippen LogP contribution in [0.2, 0.25) is 0 Å². The van der Waals surface area contributed by atoms with Gasteiger partial charge in [-0.2, -0.15) is 0 Å². The van der Waals surface area contributed by atoms with Gasteiger partial charge in [0.25, 0.3) is 0 Å². The van der Waals surface area contributed by atoms with Crippen molar-refractivity contribution < 1.29 is 14.0 Å². The SMILES string of the molecule is Cc1ccc(-c2cnc(CCC(=O)N3CCN(C(=O)CCCc4ccccc4)CC3)o2)cc1. The van der Waals surface area contributed by atoms with E-state index in [1.807, 2.05) is 59.2 Å². The van der Waals surface area contributed by atoms with E-state index in [9.17, 15) is 9.59 Å². The molecule has 0 bridgehead atoms. The number of nitrogens with zero attached hydrogens (tertiary/aromatic N) is 3. The van der Waals surface area contributed by atoms with Gasteiger partial charge < -0.3 is 14.2 Å². The van der Waals surface area contributed by atoms with Gasteiger partial charge >= 0.3 is 0 Å². The molecule has 1 aliphatic heterocycles. The highest BCUT2D eigenvalue weighted by atomic mass is 16.4. The number of benzene rings is 2. The standard InChI is InChI=1S/C27H31N3O3/c1-21-10-12-23(13-11-21)24-20-28-25(33-24)14-15-27(32)30-18-16-29(17-19-30)26(31)9-5-8-22-6-3-2-4-7-22/h2-4,6-7,10-13,20H,5,8-9,14-19H2,1H3. The Bertz CT molecular complexity index is 1050. The lowest BCUT2D eigenvalue weighted by atomic mass is 10.1. The number of aryl methyl sites for hydroxylation is 3. The normalized spacial score (nSPS) is 13.8. The summed E-state index contributed by atoms with van der Waals surface area (Å²) in [4.78, 5) is 33.2. The molecule has 0 aliphatic carbocycles. The third kappa shape index (κ3) is 6.31. The van der Waals surface area contributed by atoms with Gasteiger partial charge in [0.2, 0.25) is 11.8 Å². The molecule has 0 unspecified atom stereocenters. The van der Waals surface area contributed by atoms with Crippen LogP contribution in [0.1, 0.15) is 36.3 Å². The Hall–Kier alpha value is -3.41. The van der Waals surface area contributed by atoms with Crippen molar-refractivity contribution in [1.82, 2.24) is 14.8 Å². The predicted molar refractivity (Wildman–Crippen MR) is 128 cm³/mol. The molecular weight excluding hydrogens is 414 g/mol. The Morgan fingerprint density at radius 1 is 0.848 bits per heavy atom. The van der Waals surface area contributed by atoms with E-state index in [2.05, 4.69) is 17.1 Å². The van der Waals surface area contributed by atoms with E-state index in [0.717, 1.165) is 24.2 Å². The summed E-state index contributed by atoms with van der Waals surface area (Å²) in [5.41, 5.74) is 3.44. The van der Waals surface area contributed by atoms with E-state index >= 15 is 0 Å². The molecule has 0 saturated carbocycles. The number of oxazole rings is 1. The van der Waals surface area contributed by atoms with Crippen LogP contribution in [-0.4, -0.2) is 52.8 Å². The van der Waals surface area contributed by atoms with Gasteiger partial charge in [0.05, 0.1) is 6.20 Å². The minimum Gasteiger partial charge on any atom is -0.441 e. The first-order chi connectivity index (χ1) is 16.1. The number of rotatable bonds is 8. The Kier molecular flexibility index (Phi) is 7.55. The second kappa shape index (κ2) is 10.9. The second-order valence-electron chi connectivity index (χ2n) is 8.59. The number of piperazine rings is 1. The number of hydrogen-bond donors (Lipinski definition) is 0. The number of carbonyl (C=O) groups is 2. The molecule has 2 amide bonds. The van der Waals surface area contributed by atoms with Gasteiger partial charge in [0, 0.05) is 51.0 Å². The summed E-state index contributed by atoms with van der Waals surface area (Å²) < 4.78 is 5.83. The maximum absolute atomic E-state index is 12.6. The fraction of sp³-hybridized carbons (Fsp3) is 0.370. The average molecular weight is 446 g/mol. The molecule has 172 valence electrons. The molecule has 2 aromatic carbocycles. The molecule has 0 radical (unpaired) electrons. The van der Waals surface area contributed by atoms with Crippen molar-refractivity contribution in [2.24, 2.45) is 0 Å². The highest BCUT2D eigenvalue weighted by Gasteiger charge is 2.24. The van der Waals surface area contributed by atoms with Crippen molar-refractivity contribution in [2.45, 2.75) is 39.0 Å². The van der Waals surface area contributed by atoms with E-state index in [-0.39, 0.29) is 11.8 Å². The van der Waals surface area contributed by atoms with E-state index in [0.29, 0.717) is 51.3 Å². The van der Waals surface area contributed by atoms with E-state index in [1.54, 1.807) is 6.20 Å². The maximum Gasteiger partial charge on any atom is 0.223 e. The Labute approximate surface area is 195 Å². The number of aromatic nitrogens is 1. The monoisotopic (exact) mass is 445 g/mol. The van der Waals surface area contributed by atoms with Crippen molar-refractivity contribution >= 4 is 11.8 Å². The first-order valence-corrected chi connectivity index (χ1v) is 11.7. The summed E-state index contributed by atoms with van der Waals surface area (Å²) >= 11 is 0. The van der Waals surface area contributed by atoms with Crippen molar-refractivity contribution in [1.29, 1.82) is 0 Å². The van der Waals surface area contributed by atoms with E-state index < -0.39 is 0 Å². The zero-order valence-corrected chi connectivity index (χ0v) is 19.2. The Morgan fingerprint density at radius 3 is 2.15 bits per heavy atom. The van der Waals surface area contributed by atoms with Crippen molar-refractivity contribution in [3.8, 4) is 11.3 Å². The summed E-state index contributed by atoms with van der Waals surface area (Å²) in [6.45, 7) is 4.43. The second-order valence-corrected chi connectivity index (χ2v) is 8.59. The average Bonchev–Trinajstić information content (AvgIpc) is 3.33. The zero-order chi connectivity index (χ0) is 23.0. The molecule has 4 rings (SSSR count). The van der Waals surface area contributed by atoms with Crippen LogP contribution in [0, 0.1) is 6.92 Å². The lowest BCUT2D eigenvalue weighted by Crippen LogP contribution is -2.50. The Balaban J connectivity index is 1.17. The van der Waals surface area contributed by atoms with E-state index in [4.69, 9.17) is 4.42 Å². The van der Waals surface area contributed by atoms with Gasteiger partial charge in [0.1, 0.15) is 0 Å². The summed E-state index contributed by atoms with van der Waals surface area (Å²) in [5, 5.41) is 0. The lowest BCUT2D eigenvalue weighted by Gasteiger charge is -2.35. The minimum atomic E-state index is 0.0845. The maximum atomic E-state index is 12.6. The Morgan fingerprint density at radius 2 is 1.48 bits per heavy atom. The molecule has 3 aromatic rings. The molecule has 33 heavy (non-hydrogen) atoms. The number of amides is 2. The van der Waals surface area contributed by atoms with Crippen molar-refractivity contribution in [3.63, 3.8) is 0 Å². The summed E-state index contributed by atoms with van der Waals surface area (Å²) in [6, 6.07) is 18.3. The van der Waals surface area contributed by atoms with Gasteiger partial charge in [-0.15, -0.1) is 0 Å². The topological polar surface area (TPSA) is 66.7 Å². The fourth-order valence-corrected chi connectivity index (χ4v) is 4.10. The molecule has 6 nitrogen and oxygen atoms in total. The van der Waals surface area contributed by atoms with Gasteiger partial charge in [-0.25, -0.2) is 4.98 Å². The van der Waals surface area contributed by atoms with Crippen LogP contribution in [0.5, 0.6) is 0 Å². The quantitative estimate of drug-likeness (QED) is 0.519. The summed E-state index contributed by atoms with van der Waals surface area (Å²) in [7, 11) is 0. The van der Waals surface area contributed by atoms with Crippen LogP contribution in [0.4, 0.5) is 0 Å². The third-order valence-electron chi connectivity index (χ3n) is 6.13. The highest BCUT2D eigenvalue weighted by molar-refractivity contribution is 5.78. The molecule has 1 aromatic heterocycles. The lowest BCUT2D eigenvalue weighted by molar-refractivity contribution is -0.139. The molecule has 0 spiro atoms. The highest BCUT2D eigenvalue weighted by Crippen LogP contribution is 2.21. The van der Waals surface area contributed by atoms with Gasteiger partial charge in [0.15, 0.2) is 11.7 Å². The summed E-state index contributed by atoms with van der Waals surface area (Å²) in [5.74, 6) is 1.56. The molecule has 1 saturated heterocycles. The smallest absolute Gasteiger partial charge is 0.223 e. The van der Waals surface area contributed by atoms with Gasteiger partial charge in [-0.1, -0.05) is 60.2 Å². The van der Waals surface area contributed by atoms with Crippen molar-refractivity contribution in [3.05, 3.63) is 77.8 Å². The van der Waals surface area contributed by atoms with Crippen LogP contribution in [-0.2, 0) is 22.4 Å². The number of carbonyl (C=O) groups excluding carboxylic acids is 2. The molecule has 2 heterocycles. The molecule has 0 N–H and O–H groups in total. The largest absolute Gasteiger partial charge is 0.441 e. The first kappa shape index (κ1) is 22.8. The van der Waals surface area contributed by atoms with Crippen LogP contribution in [0.3, 0.4) is 0 Å². The van der Waals surface area contributed by atoms with Crippen LogP contribution < -0.4 is 0 Å². The third-order valence-corrected chi connectivity index (χ3v) is 6.13.